The minimum Gasteiger partial charge on any atom is -0.361 e. The van der Waals surface area contributed by atoms with Crippen molar-refractivity contribution in [2.75, 3.05) is 0 Å². The Morgan fingerprint density at radius 1 is 1.03 bits per heavy atom. The molecular formula is C25H20N6O. The summed E-state index contributed by atoms with van der Waals surface area (Å²) in [5.74, 6) is 0.760. The largest absolute Gasteiger partial charge is 0.361 e. The molecule has 1 atom stereocenters. The molecule has 5 aromatic heterocycles. The van der Waals surface area contributed by atoms with Crippen LogP contribution in [0.25, 0.3) is 33.3 Å². The summed E-state index contributed by atoms with van der Waals surface area (Å²) < 4.78 is 7.56. The smallest absolute Gasteiger partial charge is 0.141 e. The summed E-state index contributed by atoms with van der Waals surface area (Å²) in [5, 5.41) is 13.2. The number of aromatic nitrogens is 5. The lowest BCUT2D eigenvalue weighted by atomic mass is 10.0. The summed E-state index contributed by atoms with van der Waals surface area (Å²) in [4.78, 5) is 13.6. The molecule has 0 aliphatic carbocycles. The van der Waals surface area contributed by atoms with E-state index in [9.17, 15) is 0 Å². The molecule has 0 saturated heterocycles. The van der Waals surface area contributed by atoms with Crippen molar-refractivity contribution in [1.29, 1.82) is 5.26 Å². The van der Waals surface area contributed by atoms with Crippen molar-refractivity contribution in [1.82, 2.24) is 24.7 Å². The highest BCUT2D eigenvalue weighted by Gasteiger charge is 2.20. The standard InChI is InChI=1S/C25H20N6O/c1-15-24(17(3)32-30-15)19-10-23-25(29-13-19)21(18-7-8-20(11-26)28-12-18)14-31(23)16(2)22-6-4-5-9-27-22/h4-10,12-14,16H,1-3H3/t16-/m0/s1. The SMILES string of the molecule is Cc1noc(C)c1-c1cnc2c(-c3ccc(C#N)nc3)cn([C@@H](C)c3ccccn3)c2c1. The second-order valence-corrected chi connectivity index (χ2v) is 7.72. The van der Waals surface area contributed by atoms with Crippen molar-refractivity contribution >= 4 is 11.0 Å². The van der Waals surface area contributed by atoms with Gasteiger partial charge in [0, 0.05) is 47.0 Å². The molecule has 5 aromatic rings. The van der Waals surface area contributed by atoms with Crippen LogP contribution in [0.2, 0.25) is 0 Å². The molecule has 5 heterocycles. The van der Waals surface area contributed by atoms with Crippen LogP contribution in [0.15, 0.2) is 65.7 Å². The lowest BCUT2D eigenvalue weighted by molar-refractivity contribution is 0.393. The summed E-state index contributed by atoms with van der Waals surface area (Å²) in [5.41, 5.74) is 7.75. The highest BCUT2D eigenvalue weighted by atomic mass is 16.5. The average Bonchev–Trinajstić information content (AvgIpc) is 3.38. The van der Waals surface area contributed by atoms with Gasteiger partial charge in [0.1, 0.15) is 17.5 Å². The molecule has 0 N–H and O–H groups in total. The van der Waals surface area contributed by atoms with Crippen LogP contribution in [0.3, 0.4) is 0 Å². The molecule has 0 unspecified atom stereocenters. The molecule has 32 heavy (non-hydrogen) atoms. The normalized spacial score (nSPS) is 12.1. The Morgan fingerprint density at radius 3 is 2.53 bits per heavy atom. The number of hydrogen-bond acceptors (Lipinski definition) is 6. The molecule has 0 amide bonds. The Morgan fingerprint density at radius 2 is 1.88 bits per heavy atom. The van der Waals surface area contributed by atoms with Crippen LogP contribution in [-0.2, 0) is 0 Å². The van der Waals surface area contributed by atoms with Gasteiger partial charge in [-0.1, -0.05) is 11.2 Å². The Labute approximate surface area is 185 Å². The van der Waals surface area contributed by atoms with Crippen LogP contribution in [0, 0.1) is 25.2 Å². The summed E-state index contributed by atoms with van der Waals surface area (Å²) in [6, 6.07) is 13.7. The van der Waals surface area contributed by atoms with E-state index >= 15 is 0 Å². The topological polar surface area (TPSA) is 93.4 Å². The van der Waals surface area contributed by atoms with E-state index in [-0.39, 0.29) is 6.04 Å². The van der Waals surface area contributed by atoms with Gasteiger partial charge in [-0.2, -0.15) is 5.26 Å². The van der Waals surface area contributed by atoms with Gasteiger partial charge in [0.2, 0.25) is 0 Å². The van der Waals surface area contributed by atoms with Crippen molar-refractivity contribution < 1.29 is 4.52 Å². The highest BCUT2D eigenvalue weighted by Crippen LogP contribution is 2.36. The lowest BCUT2D eigenvalue weighted by Gasteiger charge is -2.15. The highest BCUT2D eigenvalue weighted by molar-refractivity contribution is 5.95. The second-order valence-electron chi connectivity index (χ2n) is 7.72. The molecular weight excluding hydrogens is 400 g/mol. The fourth-order valence-corrected chi connectivity index (χ4v) is 4.08. The molecule has 7 heteroatoms. The van der Waals surface area contributed by atoms with Crippen molar-refractivity contribution in [3.8, 4) is 28.3 Å². The Kier molecular flexibility index (Phi) is 4.75. The zero-order valence-electron chi connectivity index (χ0n) is 17.9. The van der Waals surface area contributed by atoms with Gasteiger partial charge in [-0.3, -0.25) is 9.97 Å². The molecule has 0 saturated carbocycles. The first-order valence-electron chi connectivity index (χ1n) is 10.3. The number of fused-ring (bicyclic) bond motifs is 1. The van der Waals surface area contributed by atoms with Gasteiger partial charge in [0.15, 0.2) is 0 Å². The number of hydrogen-bond donors (Lipinski definition) is 0. The molecule has 0 aromatic carbocycles. The first-order valence-corrected chi connectivity index (χ1v) is 10.3. The van der Waals surface area contributed by atoms with E-state index in [0.29, 0.717) is 5.69 Å². The molecule has 5 rings (SSSR count). The first-order chi connectivity index (χ1) is 15.6. The van der Waals surface area contributed by atoms with Gasteiger partial charge in [-0.05, 0) is 51.1 Å². The van der Waals surface area contributed by atoms with Crippen LogP contribution in [0.5, 0.6) is 0 Å². The quantitative estimate of drug-likeness (QED) is 0.394. The van der Waals surface area contributed by atoms with Gasteiger partial charge in [-0.25, -0.2) is 4.98 Å². The number of pyridine rings is 3. The monoisotopic (exact) mass is 420 g/mol. The van der Waals surface area contributed by atoms with Crippen molar-refractivity contribution in [2.45, 2.75) is 26.8 Å². The molecule has 156 valence electrons. The maximum atomic E-state index is 9.09. The third-order valence-electron chi connectivity index (χ3n) is 5.71. The summed E-state index contributed by atoms with van der Waals surface area (Å²) in [6.45, 7) is 5.95. The number of nitriles is 1. The van der Waals surface area contributed by atoms with Crippen molar-refractivity contribution in [3.63, 3.8) is 0 Å². The van der Waals surface area contributed by atoms with E-state index in [4.69, 9.17) is 14.8 Å². The molecule has 7 nitrogen and oxygen atoms in total. The molecule has 0 aliphatic heterocycles. The number of nitrogens with zero attached hydrogens (tertiary/aromatic N) is 6. The third-order valence-corrected chi connectivity index (χ3v) is 5.71. The molecule has 0 radical (unpaired) electrons. The van der Waals surface area contributed by atoms with Crippen LogP contribution in [0.4, 0.5) is 0 Å². The average molecular weight is 420 g/mol. The van der Waals surface area contributed by atoms with E-state index in [1.165, 1.54) is 0 Å². The van der Waals surface area contributed by atoms with E-state index in [1.807, 2.05) is 44.3 Å². The Balaban J connectivity index is 1.74. The van der Waals surface area contributed by atoms with Crippen LogP contribution >= 0.6 is 0 Å². The molecule has 0 aliphatic rings. The van der Waals surface area contributed by atoms with Gasteiger partial charge in [0.25, 0.3) is 0 Å². The fraction of sp³-hybridized carbons (Fsp3) is 0.160. The maximum absolute atomic E-state index is 9.09. The van der Waals surface area contributed by atoms with Gasteiger partial charge < -0.3 is 9.09 Å². The minimum atomic E-state index is -0.0134. The molecule has 0 bridgehead atoms. The predicted molar refractivity (Wildman–Crippen MR) is 121 cm³/mol. The minimum absolute atomic E-state index is 0.0134. The Hall–Kier alpha value is -4.31. The summed E-state index contributed by atoms with van der Waals surface area (Å²) in [6.07, 6.45) is 7.45. The second kappa shape index (κ2) is 7.75. The summed E-state index contributed by atoms with van der Waals surface area (Å²) >= 11 is 0. The maximum Gasteiger partial charge on any atom is 0.141 e. The van der Waals surface area contributed by atoms with Crippen molar-refractivity contribution in [2.24, 2.45) is 0 Å². The Bertz CT molecular complexity index is 1440. The van der Waals surface area contributed by atoms with E-state index < -0.39 is 0 Å². The zero-order valence-corrected chi connectivity index (χ0v) is 17.9. The van der Waals surface area contributed by atoms with Gasteiger partial charge in [-0.15, -0.1) is 0 Å². The van der Waals surface area contributed by atoms with Crippen molar-refractivity contribution in [3.05, 3.63) is 84.0 Å². The number of rotatable bonds is 4. The van der Waals surface area contributed by atoms with E-state index in [1.54, 1.807) is 18.5 Å². The van der Waals surface area contributed by atoms with Gasteiger partial charge in [0.05, 0.1) is 28.5 Å². The van der Waals surface area contributed by atoms with Gasteiger partial charge >= 0.3 is 0 Å². The van der Waals surface area contributed by atoms with Crippen LogP contribution in [0.1, 0.15) is 35.8 Å². The van der Waals surface area contributed by atoms with E-state index in [2.05, 4.69) is 44.9 Å². The molecule has 0 fully saturated rings. The lowest BCUT2D eigenvalue weighted by Crippen LogP contribution is -2.07. The van der Waals surface area contributed by atoms with E-state index in [0.717, 1.165) is 50.4 Å². The molecule has 0 spiro atoms. The fourth-order valence-electron chi connectivity index (χ4n) is 4.08. The first kappa shape index (κ1) is 19.6. The van der Waals surface area contributed by atoms with Crippen LogP contribution < -0.4 is 0 Å². The summed E-state index contributed by atoms with van der Waals surface area (Å²) in [7, 11) is 0. The van der Waals surface area contributed by atoms with Crippen LogP contribution in [-0.4, -0.2) is 24.7 Å². The zero-order chi connectivity index (χ0) is 22.2. The number of aryl methyl sites for hydroxylation is 2. The predicted octanol–water partition coefficient (Wildman–Crippen LogP) is 5.25. The third kappa shape index (κ3) is 3.22.